The molecule has 29 heavy (non-hydrogen) atoms. The van der Waals surface area contributed by atoms with Crippen LogP contribution in [0.3, 0.4) is 0 Å². The summed E-state index contributed by atoms with van der Waals surface area (Å²) in [6.45, 7) is 6.86. The molecule has 6 nitrogen and oxygen atoms in total. The van der Waals surface area contributed by atoms with E-state index in [-0.39, 0.29) is 16.6 Å². The monoisotopic (exact) mass is 437 g/mol. The Morgan fingerprint density at radius 2 is 2.03 bits per heavy atom. The Balaban J connectivity index is 1.71. The third-order valence-electron chi connectivity index (χ3n) is 5.64. The van der Waals surface area contributed by atoms with Crippen molar-refractivity contribution in [3.8, 4) is 5.75 Å². The Bertz CT molecular complexity index is 1180. The van der Waals surface area contributed by atoms with Gasteiger partial charge in [-0.2, -0.15) is 4.31 Å². The van der Waals surface area contributed by atoms with Crippen LogP contribution in [0, 0.1) is 26.6 Å². The first-order valence-electron chi connectivity index (χ1n) is 9.52. The highest BCUT2D eigenvalue weighted by atomic mass is 32.2. The quantitative estimate of drug-likeness (QED) is 0.618. The van der Waals surface area contributed by atoms with Gasteiger partial charge in [0.05, 0.1) is 12.8 Å². The van der Waals surface area contributed by atoms with E-state index in [0.29, 0.717) is 13.1 Å². The Morgan fingerprint density at radius 1 is 1.28 bits per heavy atom. The summed E-state index contributed by atoms with van der Waals surface area (Å²) in [6.07, 6.45) is 1.59. The maximum absolute atomic E-state index is 13.8. The number of piperidine rings is 1. The second-order valence-electron chi connectivity index (χ2n) is 7.43. The lowest BCUT2D eigenvalue weighted by Gasteiger charge is -2.31. The molecule has 0 radical (unpaired) electrons. The van der Waals surface area contributed by atoms with Crippen molar-refractivity contribution >= 4 is 26.2 Å². The molecule has 0 aliphatic carbocycles. The summed E-state index contributed by atoms with van der Waals surface area (Å²) in [5.74, 6) is 0.468. The van der Waals surface area contributed by atoms with Crippen molar-refractivity contribution in [3.05, 3.63) is 46.1 Å². The minimum atomic E-state index is -3.88. The number of aryl methyl sites for hydroxylation is 3. The average molecular weight is 438 g/mol. The topological polar surface area (TPSA) is 63.9 Å². The van der Waals surface area contributed by atoms with Crippen molar-refractivity contribution in [3.63, 3.8) is 0 Å². The molecule has 0 spiro atoms. The number of imidazole rings is 1. The number of hydrogen-bond acceptors (Lipinski definition) is 5. The van der Waals surface area contributed by atoms with Crippen LogP contribution in [-0.2, 0) is 10.0 Å². The number of methoxy groups -OCH3 is 1. The molecule has 0 bridgehead atoms. The van der Waals surface area contributed by atoms with Gasteiger partial charge in [-0.25, -0.2) is 17.8 Å². The second-order valence-corrected chi connectivity index (χ2v) is 10.5. The van der Waals surface area contributed by atoms with E-state index >= 15 is 0 Å². The first-order valence-corrected chi connectivity index (χ1v) is 11.8. The molecular weight excluding hydrogens is 413 g/mol. The van der Waals surface area contributed by atoms with Crippen molar-refractivity contribution < 1.29 is 17.5 Å². The fourth-order valence-corrected chi connectivity index (χ4v) is 6.94. The Morgan fingerprint density at radius 3 is 2.76 bits per heavy atom. The zero-order valence-electron chi connectivity index (χ0n) is 16.9. The molecule has 0 amide bonds. The lowest BCUT2D eigenvalue weighted by molar-refractivity contribution is 0.312. The minimum absolute atomic E-state index is 0.000714. The summed E-state index contributed by atoms with van der Waals surface area (Å²) < 4.78 is 49.1. The SMILES string of the molecule is COc1ccc(F)cc1S(=O)(=O)N1CCC[C@@H](c2nc(C)n3c(C)c(C)sc23)C1. The second kappa shape index (κ2) is 7.37. The van der Waals surface area contributed by atoms with E-state index in [4.69, 9.17) is 9.72 Å². The van der Waals surface area contributed by atoms with Gasteiger partial charge in [-0.3, -0.25) is 4.40 Å². The Labute approximate surface area is 174 Å². The van der Waals surface area contributed by atoms with Gasteiger partial charge in [0.25, 0.3) is 0 Å². The van der Waals surface area contributed by atoms with Gasteiger partial charge in [-0.05, 0) is 51.8 Å². The zero-order valence-corrected chi connectivity index (χ0v) is 18.5. The summed E-state index contributed by atoms with van der Waals surface area (Å²) >= 11 is 1.70. The van der Waals surface area contributed by atoms with Gasteiger partial charge in [0.1, 0.15) is 27.1 Å². The van der Waals surface area contributed by atoms with E-state index < -0.39 is 15.8 Å². The number of benzene rings is 1. The van der Waals surface area contributed by atoms with Crippen LogP contribution in [0.15, 0.2) is 23.1 Å². The van der Waals surface area contributed by atoms with Crippen LogP contribution < -0.4 is 4.74 Å². The molecule has 0 unspecified atom stereocenters. The molecule has 1 atom stereocenters. The molecule has 0 saturated carbocycles. The third kappa shape index (κ3) is 3.35. The van der Waals surface area contributed by atoms with Crippen molar-refractivity contribution in [1.29, 1.82) is 0 Å². The van der Waals surface area contributed by atoms with Crippen LogP contribution >= 0.6 is 11.3 Å². The highest BCUT2D eigenvalue weighted by Gasteiger charge is 2.35. The number of fused-ring (bicyclic) bond motifs is 1. The molecule has 4 rings (SSSR count). The lowest BCUT2D eigenvalue weighted by atomic mass is 9.97. The lowest BCUT2D eigenvalue weighted by Crippen LogP contribution is -2.39. The molecule has 1 saturated heterocycles. The van der Waals surface area contributed by atoms with Crippen LogP contribution in [-0.4, -0.2) is 42.3 Å². The molecule has 1 aliphatic rings. The van der Waals surface area contributed by atoms with Crippen LogP contribution in [0.1, 0.15) is 40.8 Å². The van der Waals surface area contributed by atoms with Crippen molar-refractivity contribution in [2.24, 2.45) is 0 Å². The molecular formula is C20H24FN3O3S2. The maximum Gasteiger partial charge on any atom is 0.246 e. The highest BCUT2D eigenvalue weighted by molar-refractivity contribution is 7.89. The van der Waals surface area contributed by atoms with Crippen LogP contribution in [0.4, 0.5) is 4.39 Å². The van der Waals surface area contributed by atoms with Crippen molar-refractivity contribution in [2.75, 3.05) is 20.2 Å². The summed E-state index contributed by atoms with van der Waals surface area (Å²) in [6, 6.07) is 3.58. The van der Waals surface area contributed by atoms with Gasteiger partial charge in [0.2, 0.25) is 10.0 Å². The number of thiazole rings is 1. The van der Waals surface area contributed by atoms with Gasteiger partial charge in [0.15, 0.2) is 0 Å². The predicted octanol–water partition coefficient (Wildman–Crippen LogP) is 4.04. The smallest absolute Gasteiger partial charge is 0.246 e. The van der Waals surface area contributed by atoms with Gasteiger partial charge in [0, 0.05) is 29.6 Å². The fourth-order valence-electron chi connectivity index (χ4n) is 4.04. The highest BCUT2D eigenvalue weighted by Crippen LogP contribution is 2.37. The van der Waals surface area contributed by atoms with Gasteiger partial charge in [-0.1, -0.05) is 0 Å². The van der Waals surface area contributed by atoms with E-state index in [1.807, 2.05) is 6.92 Å². The largest absolute Gasteiger partial charge is 0.495 e. The number of ether oxygens (including phenoxy) is 1. The van der Waals surface area contributed by atoms with Crippen LogP contribution in [0.25, 0.3) is 4.83 Å². The van der Waals surface area contributed by atoms with Crippen molar-refractivity contribution in [1.82, 2.24) is 13.7 Å². The first kappa shape index (κ1) is 20.3. The standard InChI is InChI=1S/C20H24FN3O3S2/c1-12-13(2)28-20-19(22-14(3)24(12)20)15-6-5-9-23(11-15)29(25,26)18-10-16(21)7-8-17(18)27-4/h7-8,10,15H,5-6,9,11H2,1-4H3/t15-/m1/s1. The molecule has 1 fully saturated rings. The molecule has 1 aromatic carbocycles. The van der Waals surface area contributed by atoms with E-state index in [9.17, 15) is 12.8 Å². The molecule has 2 aromatic heterocycles. The van der Waals surface area contributed by atoms with E-state index in [1.54, 1.807) is 11.3 Å². The van der Waals surface area contributed by atoms with E-state index in [2.05, 4.69) is 18.2 Å². The predicted molar refractivity (Wildman–Crippen MR) is 111 cm³/mol. The average Bonchev–Trinajstić information content (AvgIpc) is 3.18. The number of rotatable bonds is 4. The summed E-state index contributed by atoms with van der Waals surface area (Å²) in [7, 11) is -2.49. The Hall–Kier alpha value is -1.97. The molecule has 3 aromatic rings. The third-order valence-corrected chi connectivity index (χ3v) is 8.71. The molecule has 1 aliphatic heterocycles. The van der Waals surface area contributed by atoms with Gasteiger partial charge >= 0.3 is 0 Å². The van der Waals surface area contributed by atoms with Crippen molar-refractivity contribution in [2.45, 2.75) is 44.4 Å². The summed E-state index contributed by atoms with van der Waals surface area (Å²) in [5, 5.41) is 0. The molecule has 0 N–H and O–H groups in total. The number of sulfonamides is 1. The number of aromatic nitrogens is 2. The summed E-state index contributed by atoms with van der Waals surface area (Å²) in [4.78, 5) is 6.97. The molecule has 9 heteroatoms. The molecule has 156 valence electrons. The van der Waals surface area contributed by atoms with E-state index in [1.165, 1.54) is 34.1 Å². The van der Waals surface area contributed by atoms with Crippen LogP contribution in [0.5, 0.6) is 5.75 Å². The minimum Gasteiger partial charge on any atom is -0.495 e. The number of hydrogen-bond donors (Lipinski definition) is 0. The first-order chi connectivity index (χ1) is 13.7. The van der Waals surface area contributed by atoms with Crippen LogP contribution in [0.2, 0.25) is 0 Å². The van der Waals surface area contributed by atoms with Gasteiger partial charge in [-0.15, -0.1) is 11.3 Å². The fraction of sp³-hybridized carbons (Fsp3) is 0.450. The normalized spacial score (nSPS) is 18.4. The zero-order chi connectivity index (χ0) is 20.9. The van der Waals surface area contributed by atoms with Gasteiger partial charge < -0.3 is 4.74 Å². The number of nitrogens with zero attached hydrogens (tertiary/aromatic N) is 3. The summed E-state index contributed by atoms with van der Waals surface area (Å²) in [5.41, 5.74) is 2.13. The molecule has 3 heterocycles. The maximum atomic E-state index is 13.8. The van der Waals surface area contributed by atoms with E-state index in [0.717, 1.165) is 35.3 Å². The Kier molecular flexibility index (Phi) is 5.16. The number of halogens is 1.